The molecule has 0 amide bonds. The van der Waals surface area contributed by atoms with Gasteiger partial charge in [-0.05, 0) is 24.1 Å². The maximum absolute atomic E-state index is 12.1. The van der Waals surface area contributed by atoms with Gasteiger partial charge in [0.1, 0.15) is 17.2 Å². The number of nitrogens with zero attached hydrogens (tertiary/aromatic N) is 2. The molecule has 0 spiro atoms. The summed E-state index contributed by atoms with van der Waals surface area (Å²) in [6.07, 6.45) is 9.11. The lowest BCUT2D eigenvalue weighted by Gasteiger charge is -2.24. The summed E-state index contributed by atoms with van der Waals surface area (Å²) in [7, 11) is 0. The zero-order chi connectivity index (χ0) is 13.8. The lowest BCUT2D eigenvalue weighted by Crippen LogP contribution is -2.16. The van der Waals surface area contributed by atoms with Gasteiger partial charge in [-0.1, -0.05) is 19.3 Å². The molecule has 0 unspecified atom stereocenters. The Labute approximate surface area is 117 Å². The van der Waals surface area contributed by atoms with E-state index in [-0.39, 0.29) is 5.78 Å². The SMILES string of the molecule is O=C(CC1CCC1)c1cc(Oc2cccnc2)ccn1. The van der Waals surface area contributed by atoms with Crippen molar-refractivity contribution in [2.45, 2.75) is 25.7 Å². The minimum Gasteiger partial charge on any atom is -0.456 e. The van der Waals surface area contributed by atoms with Crippen LogP contribution < -0.4 is 4.74 Å². The molecule has 0 bridgehead atoms. The van der Waals surface area contributed by atoms with Crippen molar-refractivity contribution in [3.8, 4) is 11.5 Å². The number of ketones is 1. The van der Waals surface area contributed by atoms with Crippen LogP contribution in [0.4, 0.5) is 0 Å². The van der Waals surface area contributed by atoms with Crippen LogP contribution in [0.15, 0.2) is 42.9 Å². The predicted octanol–water partition coefficient (Wildman–Crippen LogP) is 3.64. The standard InChI is InChI=1S/C16H16N2O2/c19-16(9-12-3-1-4-12)15-10-13(6-8-18-15)20-14-5-2-7-17-11-14/h2,5-8,10-12H,1,3-4,9H2. The van der Waals surface area contributed by atoms with Crippen LogP contribution in [0.5, 0.6) is 11.5 Å². The molecule has 2 aromatic heterocycles. The summed E-state index contributed by atoms with van der Waals surface area (Å²) in [4.78, 5) is 20.3. The molecular weight excluding hydrogens is 252 g/mol. The third kappa shape index (κ3) is 3.02. The summed E-state index contributed by atoms with van der Waals surface area (Å²) in [5.74, 6) is 1.92. The first-order valence-electron chi connectivity index (χ1n) is 6.88. The van der Waals surface area contributed by atoms with Crippen molar-refractivity contribution in [2.24, 2.45) is 5.92 Å². The first-order valence-corrected chi connectivity index (χ1v) is 6.88. The van der Waals surface area contributed by atoms with Gasteiger partial charge in [-0.2, -0.15) is 0 Å². The van der Waals surface area contributed by atoms with Crippen molar-refractivity contribution < 1.29 is 9.53 Å². The molecule has 1 aliphatic rings. The average Bonchev–Trinajstić information content (AvgIpc) is 2.44. The quantitative estimate of drug-likeness (QED) is 0.777. The van der Waals surface area contributed by atoms with Crippen LogP contribution in [0, 0.1) is 5.92 Å². The molecule has 0 radical (unpaired) electrons. The molecule has 4 nitrogen and oxygen atoms in total. The summed E-state index contributed by atoms with van der Waals surface area (Å²) in [5, 5.41) is 0. The summed E-state index contributed by atoms with van der Waals surface area (Å²) in [6.45, 7) is 0. The Kier molecular flexibility index (Phi) is 3.72. The molecule has 1 saturated carbocycles. The van der Waals surface area contributed by atoms with Gasteiger partial charge < -0.3 is 4.74 Å². The van der Waals surface area contributed by atoms with E-state index in [4.69, 9.17) is 4.74 Å². The van der Waals surface area contributed by atoms with Crippen LogP contribution in [0.25, 0.3) is 0 Å². The zero-order valence-corrected chi connectivity index (χ0v) is 11.2. The van der Waals surface area contributed by atoms with E-state index < -0.39 is 0 Å². The topological polar surface area (TPSA) is 52.1 Å². The van der Waals surface area contributed by atoms with Gasteiger partial charge in [0.15, 0.2) is 5.78 Å². The predicted molar refractivity (Wildman–Crippen MR) is 74.8 cm³/mol. The number of rotatable bonds is 5. The van der Waals surface area contributed by atoms with Crippen LogP contribution in [-0.4, -0.2) is 15.8 Å². The molecule has 0 N–H and O–H groups in total. The lowest BCUT2D eigenvalue weighted by atomic mass is 9.81. The van der Waals surface area contributed by atoms with E-state index in [2.05, 4.69) is 9.97 Å². The summed E-state index contributed by atoms with van der Waals surface area (Å²) >= 11 is 0. The minimum absolute atomic E-state index is 0.103. The maximum Gasteiger partial charge on any atom is 0.181 e. The van der Waals surface area contributed by atoms with Crippen molar-refractivity contribution >= 4 is 5.78 Å². The lowest BCUT2D eigenvalue weighted by molar-refractivity contribution is 0.0931. The van der Waals surface area contributed by atoms with Gasteiger partial charge >= 0.3 is 0 Å². The van der Waals surface area contributed by atoms with E-state index in [1.807, 2.05) is 6.07 Å². The van der Waals surface area contributed by atoms with Crippen LogP contribution >= 0.6 is 0 Å². The Bertz CT molecular complexity index is 594. The van der Waals surface area contributed by atoms with Crippen molar-refractivity contribution in [2.75, 3.05) is 0 Å². The molecular formula is C16H16N2O2. The highest BCUT2D eigenvalue weighted by Crippen LogP contribution is 2.30. The zero-order valence-electron chi connectivity index (χ0n) is 11.2. The second-order valence-corrected chi connectivity index (χ2v) is 5.09. The highest BCUT2D eigenvalue weighted by Gasteiger charge is 2.22. The number of hydrogen-bond acceptors (Lipinski definition) is 4. The normalized spacial score (nSPS) is 14.6. The molecule has 2 aromatic rings. The average molecular weight is 268 g/mol. The maximum atomic E-state index is 12.1. The minimum atomic E-state index is 0.103. The summed E-state index contributed by atoms with van der Waals surface area (Å²) in [5.41, 5.74) is 0.485. The summed E-state index contributed by atoms with van der Waals surface area (Å²) in [6, 6.07) is 7.07. The third-order valence-electron chi connectivity index (χ3n) is 3.59. The Morgan fingerprint density at radius 3 is 2.85 bits per heavy atom. The van der Waals surface area contributed by atoms with Gasteiger partial charge in [-0.25, -0.2) is 0 Å². The molecule has 0 aliphatic heterocycles. The fourth-order valence-electron chi connectivity index (χ4n) is 2.23. The van der Waals surface area contributed by atoms with Crippen molar-refractivity contribution in [1.82, 2.24) is 9.97 Å². The number of hydrogen-bond donors (Lipinski definition) is 0. The second-order valence-electron chi connectivity index (χ2n) is 5.09. The number of carbonyl (C=O) groups is 1. The van der Waals surface area contributed by atoms with Gasteiger partial charge in [-0.15, -0.1) is 0 Å². The van der Waals surface area contributed by atoms with Gasteiger partial charge in [0, 0.05) is 24.9 Å². The van der Waals surface area contributed by atoms with Gasteiger partial charge in [0.25, 0.3) is 0 Å². The van der Waals surface area contributed by atoms with E-state index in [0.29, 0.717) is 29.5 Å². The van der Waals surface area contributed by atoms with Crippen LogP contribution in [0.3, 0.4) is 0 Å². The fraction of sp³-hybridized carbons (Fsp3) is 0.312. The first kappa shape index (κ1) is 12.8. The second kappa shape index (κ2) is 5.82. The number of ether oxygens (including phenoxy) is 1. The molecule has 3 rings (SSSR count). The van der Waals surface area contributed by atoms with Gasteiger partial charge in [-0.3, -0.25) is 14.8 Å². The van der Waals surface area contributed by atoms with Crippen molar-refractivity contribution in [3.05, 3.63) is 48.5 Å². The van der Waals surface area contributed by atoms with E-state index in [0.717, 1.165) is 12.8 Å². The van der Waals surface area contributed by atoms with E-state index in [9.17, 15) is 4.79 Å². The highest BCUT2D eigenvalue weighted by atomic mass is 16.5. The molecule has 0 atom stereocenters. The van der Waals surface area contributed by atoms with Crippen LogP contribution in [0.2, 0.25) is 0 Å². The third-order valence-corrected chi connectivity index (χ3v) is 3.59. The smallest absolute Gasteiger partial charge is 0.181 e. The molecule has 1 aliphatic carbocycles. The Morgan fingerprint density at radius 2 is 2.15 bits per heavy atom. The Hall–Kier alpha value is -2.23. The van der Waals surface area contributed by atoms with E-state index >= 15 is 0 Å². The fourth-order valence-corrected chi connectivity index (χ4v) is 2.23. The molecule has 20 heavy (non-hydrogen) atoms. The summed E-state index contributed by atoms with van der Waals surface area (Å²) < 4.78 is 5.66. The molecule has 4 heteroatoms. The number of Topliss-reactive ketones (excluding diaryl/α,β-unsaturated/α-hetero) is 1. The Balaban J connectivity index is 1.70. The van der Waals surface area contributed by atoms with Crippen LogP contribution in [0.1, 0.15) is 36.2 Å². The number of pyridine rings is 2. The van der Waals surface area contributed by atoms with Gasteiger partial charge in [0.05, 0.1) is 6.20 Å². The van der Waals surface area contributed by atoms with E-state index in [1.54, 1.807) is 36.8 Å². The first-order chi connectivity index (χ1) is 9.81. The van der Waals surface area contributed by atoms with Crippen molar-refractivity contribution in [3.63, 3.8) is 0 Å². The van der Waals surface area contributed by atoms with Gasteiger partial charge in [0.2, 0.25) is 0 Å². The Morgan fingerprint density at radius 1 is 1.25 bits per heavy atom. The van der Waals surface area contributed by atoms with Crippen LogP contribution in [-0.2, 0) is 0 Å². The van der Waals surface area contributed by atoms with E-state index in [1.165, 1.54) is 6.42 Å². The molecule has 102 valence electrons. The largest absolute Gasteiger partial charge is 0.456 e. The monoisotopic (exact) mass is 268 g/mol. The molecule has 0 saturated heterocycles. The number of aromatic nitrogens is 2. The molecule has 2 heterocycles. The molecule has 0 aromatic carbocycles. The van der Waals surface area contributed by atoms with Crippen molar-refractivity contribution in [1.29, 1.82) is 0 Å². The highest BCUT2D eigenvalue weighted by molar-refractivity contribution is 5.94. The molecule has 1 fully saturated rings. The number of carbonyl (C=O) groups excluding carboxylic acids is 1.